The molecule has 1 aromatic heterocycles. The first-order chi connectivity index (χ1) is 12.2. The van der Waals surface area contributed by atoms with E-state index in [1.165, 1.54) is 27.9 Å². The molecule has 138 valence electrons. The van der Waals surface area contributed by atoms with Crippen LogP contribution in [0.5, 0.6) is 0 Å². The van der Waals surface area contributed by atoms with Crippen LogP contribution in [-0.4, -0.2) is 44.3 Å². The van der Waals surface area contributed by atoms with E-state index in [0.29, 0.717) is 25.1 Å². The molecule has 0 bridgehead atoms. The maximum atomic E-state index is 12.9. The van der Waals surface area contributed by atoms with Crippen LogP contribution in [0.4, 0.5) is 13.2 Å². The van der Waals surface area contributed by atoms with Gasteiger partial charge in [0.05, 0.1) is 28.7 Å². The second-order valence-electron chi connectivity index (χ2n) is 6.10. The predicted molar refractivity (Wildman–Crippen MR) is 85.0 cm³/mol. The van der Waals surface area contributed by atoms with E-state index in [2.05, 4.69) is 5.10 Å². The third-order valence-corrected chi connectivity index (χ3v) is 4.46. The molecule has 9 heteroatoms. The fourth-order valence-corrected chi connectivity index (χ4v) is 3.12. The number of carboxylic acids is 1. The van der Waals surface area contributed by atoms with Gasteiger partial charge >= 0.3 is 12.1 Å². The van der Waals surface area contributed by atoms with Crippen molar-refractivity contribution in [3.63, 3.8) is 0 Å². The van der Waals surface area contributed by atoms with E-state index >= 15 is 0 Å². The Morgan fingerprint density at radius 1 is 1.31 bits per heavy atom. The first-order valence-electron chi connectivity index (χ1n) is 7.96. The molecule has 0 aliphatic carbocycles. The second-order valence-corrected chi connectivity index (χ2v) is 6.10. The van der Waals surface area contributed by atoms with Crippen molar-refractivity contribution >= 4 is 11.9 Å². The first kappa shape index (κ1) is 18.0. The van der Waals surface area contributed by atoms with Crippen LogP contribution in [0.25, 0.3) is 5.69 Å². The average molecular weight is 367 g/mol. The van der Waals surface area contributed by atoms with Crippen molar-refractivity contribution in [3.8, 4) is 5.69 Å². The molecule has 1 N–H and O–H groups in total. The highest BCUT2D eigenvalue weighted by molar-refractivity contribution is 5.97. The number of carbonyl (C=O) groups excluding carboxylic acids is 1. The number of aromatic nitrogens is 2. The van der Waals surface area contributed by atoms with Crippen molar-refractivity contribution in [1.29, 1.82) is 0 Å². The van der Waals surface area contributed by atoms with Crippen LogP contribution in [0.1, 0.15) is 34.5 Å². The summed E-state index contributed by atoms with van der Waals surface area (Å²) < 4.78 is 39.9. The second kappa shape index (κ2) is 6.47. The minimum Gasteiger partial charge on any atom is -0.480 e. The van der Waals surface area contributed by atoms with Gasteiger partial charge in [0.25, 0.3) is 5.91 Å². The van der Waals surface area contributed by atoms with E-state index < -0.39 is 29.7 Å². The van der Waals surface area contributed by atoms with Crippen molar-refractivity contribution in [2.24, 2.45) is 0 Å². The van der Waals surface area contributed by atoms with Gasteiger partial charge in [-0.2, -0.15) is 18.3 Å². The Bertz CT molecular complexity index is 860. The monoisotopic (exact) mass is 367 g/mol. The first-order valence-corrected chi connectivity index (χ1v) is 7.96. The Labute approximate surface area is 146 Å². The number of benzene rings is 1. The largest absolute Gasteiger partial charge is 0.480 e. The Balaban J connectivity index is 1.94. The topological polar surface area (TPSA) is 75.4 Å². The summed E-state index contributed by atoms with van der Waals surface area (Å²) in [5.74, 6) is -1.55. The van der Waals surface area contributed by atoms with Gasteiger partial charge in [0.1, 0.15) is 6.04 Å². The molecule has 6 nitrogen and oxygen atoms in total. The molecule has 1 aromatic carbocycles. The van der Waals surface area contributed by atoms with Crippen LogP contribution in [0, 0.1) is 6.92 Å². The minimum absolute atomic E-state index is 0.174. The van der Waals surface area contributed by atoms with Crippen LogP contribution in [-0.2, 0) is 11.0 Å². The van der Waals surface area contributed by atoms with Gasteiger partial charge in [-0.3, -0.25) is 4.79 Å². The van der Waals surface area contributed by atoms with E-state index in [4.69, 9.17) is 0 Å². The molecule has 0 saturated carbocycles. The number of alkyl halides is 3. The van der Waals surface area contributed by atoms with Gasteiger partial charge in [0, 0.05) is 6.54 Å². The number of nitrogens with zero attached hydrogens (tertiary/aromatic N) is 3. The molecule has 1 aliphatic rings. The maximum Gasteiger partial charge on any atom is 0.416 e. The summed E-state index contributed by atoms with van der Waals surface area (Å²) in [6, 6.07) is 3.74. The Morgan fingerprint density at radius 2 is 2.04 bits per heavy atom. The quantitative estimate of drug-likeness (QED) is 0.905. The zero-order chi connectivity index (χ0) is 19.1. The molecule has 26 heavy (non-hydrogen) atoms. The van der Waals surface area contributed by atoms with Gasteiger partial charge in [0.2, 0.25) is 0 Å². The fraction of sp³-hybridized carbons (Fsp3) is 0.353. The number of carbonyl (C=O) groups is 2. The predicted octanol–water partition coefficient (Wildman–Crippen LogP) is 2.89. The molecule has 2 aromatic rings. The summed E-state index contributed by atoms with van der Waals surface area (Å²) >= 11 is 0. The van der Waals surface area contributed by atoms with Crippen molar-refractivity contribution in [1.82, 2.24) is 14.7 Å². The van der Waals surface area contributed by atoms with Crippen molar-refractivity contribution < 1.29 is 27.9 Å². The maximum absolute atomic E-state index is 12.9. The number of hydrogen-bond acceptors (Lipinski definition) is 3. The SMILES string of the molecule is Cc1c(C(=O)N2CCC[C@@H]2C(=O)O)cnn1-c1cccc(C(F)(F)F)c1. The Hall–Kier alpha value is -2.84. The number of hydrogen-bond donors (Lipinski definition) is 1. The lowest BCUT2D eigenvalue weighted by molar-refractivity contribution is -0.141. The summed E-state index contributed by atoms with van der Waals surface area (Å²) in [5, 5.41) is 13.2. The van der Waals surface area contributed by atoms with Crippen molar-refractivity contribution in [2.45, 2.75) is 32.0 Å². The van der Waals surface area contributed by atoms with Gasteiger partial charge in [-0.25, -0.2) is 9.48 Å². The van der Waals surface area contributed by atoms with E-state index in [9.17, 15) is 27.9 Å². The number of aliphatic carboxylic acids is 1. The molecule has 1 amide bonds. The zero-order valence-corrected chi connectivity index (χ0v) is 13.8. The lowest BCUT2D eigenvalue weighted by Crippen LogP contribution is -2.40. The Morgan fingerprint density at radius 3 is 2.69 bits per heavy atom. The number of rotatable bonds is 3. The van der Waals surface area contributed by atoms with Crippen LogP contribution >= 0.6 is 0 Å². The Kier molecular flexibility index (Phi) is 4.47. The molecule has 3 rings (SSSR count). The van der Waals surface area contributed by atoms with Crippen LogP contribution in [0.2, 0.25) is 0 Å². The summed E-state index contributed by atoms with van der Waals surface area (Å²) in [5.41, 5.74) is -0.114. The minimum atomic E-state index is -4.49. The number of carboxylic acid groups (broad SMARTS) is 1. The van der Waals surface area contributed by atoms with E-state index in [1.54, 1.807) is 6.92 Å². The van der Waals surface area contributed by atoms with Gasteiger partial charge in [-0.1, -0.05) is 6.07 Å². The van der Waals surface area contributed by atoms with Gasteiger partial charge < -0.3 is 10.0 Å². The molecule has 1 saturated heterocycles. The fourth-order valence-electron chi connectivity index (χ4n) is 3.12. The zero-order valence-electron chi connectivity index (χ0n) is 13.8. The normalized spacial score (nSPS) is 17.5. The lowest BCUT2D eigenvalue weighted by atomic mass is 10.1. The van der Waals surface area contributed by atoms with Gasteiger partial charge in [-0.15, -0.1) is 0 Å². The summed E-state index contributed by atoms with van der Waals surface area (Å²) in [7, 11) is 0. The molecule has 1 aliphatic heterocycles. The summed E-state index contributed by atoms with van der Waals surface area (Å²) in [6.07, 6.45) is -2.26. The highest BCUT2D eigenvalue weighted by Crippen LogP contribution is 2.31. The molecular weight excluding hydrogens is 351 g/mol. The van der Waals surface area contributed by atoms with Crippen molar-refractivity contribution in [2.75, 3.05) is 6.54 Å². The molecule has 0 radical (unpaired) electrons. The molecule has 1 atom stereocenters. The number of likely N-dealkylation sites (tertiary alicyclic amines) is 1. The standard InChI is InChI=1S/C17H16F3N3O3/c1-10-13(15(24)22-7-3-6-14(22)16(25)26)9-21-23(10)12-5-2-4-11(8-12)17(18,19)20/h2,4-5,8-9,14H,3,6-7H2,1H3,(H,25,26)/t14-/m1/s1. The van der Waals surface area contributed by atoms with Gasteiger partial charge in [-0.05, 0) is 38.0 Å². The van der Waals surface area contributed by atoms with Crippen LogP contribution in [0.15, 0.2) is 30.5 Å². The summed E-state index contributed by atoms with van der Waals surface area (Å²) in [4.78, 5) is 25.2. The third kappa shape index (κ3) is 3.16. The van der Waals surface area contributed by atoms with Crippen molar-refractivity contribution in [3.05, 3.63) is 47.3 Å². The molecule has 0 unspecified atom stereocenters. The number of amides is 1. The molecule has 2 heterocycles. The molecule has 1 fully saturated rings. The van der Waals surface area contributed by atoms with E-state index in [-0.39, 0.29) is 11.3 Å². The number of halogens is 3. The van der Waals surface area contributed by atoms with Gasteiger partial charge in [0.15, 0.2) is 0 Å². The van der Waals surface area contributed by atoms with Crippen LogP contribution in [0.3, 0.4) is 0 Å². The van der Waals surface area contributed by atoms with E-state index in [0.717, 1.165) is 12.1 Å². The molecule has 0 spiro atoms. The highest BCUT2D eigenvalue weighted by atomic mass is 19.4. The van der Waals surface area contributed by atoms with E-state index in [1.807, 2.05) is 0 Å². The smallest absolute Gasteiger partial charge is 0.416 e. The summed E-state index contributed by atoms with van der Waals surface area (Å²) in [6.45, 7) is 1.89. The van der Waals surface area contributed by atoms with Crippen LogP contribution < -0.4 is 0 Å². The third-order valence-electron chi connectivity index (χ3n) is 4.46. The average Bonchev–Trinajstić information content (AvgIpc) is 3.20. The molecular formula is C17H16F3N3O3. The highest BCUT2D eigenvalue weighted by Gasteiger charge is 2.36. The lowest BCUT2D eigenvalue weighted by Gasteiger charge is -2.21.